The second-order valence-electron chi connectivity index (χ2n) is 4.83. The van der Waals surface area contributed by atoms with Crippen LogP contribution in [0.4, 0.5) is 8.78 Å². The molecule has 2 atom stereocenters. The predicted octanol–water partition coefficient (Wildman–Crippen LogP) is 2.69. The van der Waals surface area contributed by atoms with Crippen LogP contribution >= 0.6 is 11.8 Å². The fourth-order valence-electron chi connectivity index (χ4n) is 2.57. The highest BCUT2D eigenvalue weighted by Gasteiger charge is 2.40. The molecule has 1 aromatic carbocycles. The summed E-state index contributed by atoms with van der Waals surface area (Å²) in [5, 5.41) is 0.549. The van der Waals surface area contributed by atoms with E-state index in [1.54, 1.807) is 0 Å². The zero-order valence-electron chi connectivity index (χ0n) is 10.2. The quantitative estimate of drug-likeness (QED) is 0.777. The summed E-state index contributed by atoms with van der Waals surface area (Å²) < 4.78 is 26.4. The minimum atomic E-state index is -0.524. The summed E-state index contributed by atoms with van der Waals surface area (Å²) in [6.07, 6.45) is 3.74. The van der Waals surface area contributed by atoms with E-state index in [1.165, 1.54) is 12.2 Å². The molecule has 2 fully saturated rings. The molecule has 3 rings (SSSR count). The molecular weight excluding hydrogens is 268 g/mol. The van der Waals surface area contributed by atoms with Gasteiger partial charge in [0.25, 0.3) is 0 Å². The van der Waals surface area contributed by atoms with Crippen molar-refractivity contribution in [2.45, 2.75) is 17.7 Å². The highest BCUT2D eigenvalue weighted by molar-refractivity contribution is 8.00. The molecule has 0 spiro atoms. The maximum atomic E-state index is 13.4. The number of nitrogens with zero attached hydrogens (tertiary/aromatic N) is 1. The lowest BCUT2D eigenvalue weighted by Crippen LogP contribution is -2.38. The van der Waals surface area contributed by atoms with Gasteiger partial charge in [-0.3, -0.25) is 4.79 Å². The van der Waals surface area contributed by atoms with Gasteiger partial charge in [0.05, 0.1) is 0 Å². The number of carbonyl (C=O) groups is 1. The normalized spacial score (nSPS) is 25.5. The molecule has 0 N–H and O–H groups in total. The van der Waals surface area contributed by atoms with E-state index in [1.807, 2.05) is 16.7 Å². The van der Waals surface area contributed by atoms with Crippen molar-refractivity contribution in [3.63, 3.8) is 0 Å². The molecule has 2 nitrogen and oxygen atoms in total. The molecule has 1 aromatic rings. The van der Waals surface area contributed by atoms with Crippen molar-refractivity contribution in [2.75, 3.05) is 12.3 Å². The van der Waals surface area contributed by atoms with E-state index in [4.69, 9.17) is 0 Å². The zero-order chi connectivity index (χ0) is 13.4. The monoisotopic (exact) mass is 281 g/mol. The number of halogens is 2. The van der Waals surface area contributed by atoms with E-state index in [2.05, 4.69) is 0 Å². The van der Waals surface area contributed by atoms with Crippen molar-refractivity contribution in [2.24, 2.45) is 0 Å². The van der Waals surface area contributed by atoms with E-state index in [9.17, 15) is 13.6 Å². The predicted molar refractivity (Wildman–Crippen MR) is 71.8 cm³/mol. The Morgan fingerprint density at radius 1 is 1.42 bits per heavy atom. The van der Waals surface area contributed by atoms with Crippen molar-refractivity contribution >= 4 is 23.7 Å². The van der Waals surface area contributed by atoms with Gasteiger partial charge in [0, 0.05) is 35.2 Å². The van der Waals surface area contributed by atoms with Gasteiger partial charge in [-0.25, -0.2) is 8.78 Å². The zero-order valence-corrected chi connectivity index (χ0v) is 11.0. The van der Waals surface area contributed by atoms with E-state index in [-0.39, 0.29) is 11.5 Å². The number of fused-ring (bicyclic) bond motifs is 2. The second-order valence-corrected chi connectivity index (χ2v) is 6.17. The Bertz CT molecular complexity index is 546. The topological polar surface area (TPSA) is 20.3 Å². The standard InChI is InChI=1S/C14H13F2NOS/c15-10-2-3-13(16)9(5-10)1-4-14(18)17-7-12-6-11(17)8-19-12/h1-5,11-12H,6-8H2. The molecule has 0 saturated carbocycles. The molecule has 5 heteroatoms. The van der Waals surface area contributed by atoms with Crippen LogP contribution in [0.3, 0.4) is 0 Å². The molecular formula is C14H13F2NOS. The van der Waals surface area contributed by atoms with Gasteiger partial charge >= 0.3 is 0 Å². The maximum Gasteiger partial charge on any atom is 0.246 e. The minimum Gasteiger partial charge on any atom is -0.334 e. The highest BCUT2D eigenvalue weighted by atomic mass is 32.2. The Balaban J connectivity index is 1.72. The molecule has 2 aliphatic rings. The summed E-state index contributed by atoms with van der Waals surface area (Å²) in [5.41, 5.74) is 0.104. The highest BCUT2D eigenvalue weighted by Crippen LogP contribution is 2.37. The van der Waals surface area contributed by atoms with Gasteiger partial charge in [-0.05, 0) is 30.7 Å². The van der Waals surface area contributed by atoms with Crippen molar-refractivity contribution in [3.8, 4) is 0 Å². The first-order valence-corrected chi connectivity index (χ1v) is 7.23. The largest absolute Gasteiger partial charge is 0.334 e. The van der Waals surface area contributed by atoms with E-state index in [0.29, 0.717) is 11.3 Å². The third kappa shape index (κ3) is 2.52. The van der Waals surface area contributed by atoms with E-state index < -0.39 is 11.6 Å². The Hall–Kier alpha value is -1.36. The number of benzene rings is 1. The number of thioether (sulfide) groups is 1. The number of hydrogen-bond donors (Lipinski definition) is 0. The van der Waals surface area contributed by atoms with Crippen LogP contribution in [-0.4, -0.2) is 34.4 Å². The van der Waals surface area contributed by atoms with Crippen LogP contribution in [-0.2, 0) is 4.79 Å². The Kier molecular flexibility index (Phi) is 3.31. The number of rotatable bonds is 2. The molecule has 1 amide bonds. The Labute approximate surface area is 114 Å². The van der Waals surface area contributed by atoms with Crippen LogP contribution in [0.5, 0.6) is 0 Å². The summed E-state index contributed by atoms with van der Waals surface area (Å²) in [6.45, 7) is 0.768. The SMILES string of the molecule is O=C(C=Cc1cc(F)ccc1F)N1CC2CC1CS2. The molecule has 0 aliphatic carbocycles. The summed E-state index contributed by atoms with van der Waals surface area (Å²) >= 11 is 1.90. The molecule has 2 bridgehead atoms. The fraction of sp³-hybridized carbons (Fsp3) is 0.357. The lowest BCUT2D eigenvalue weighted by atomic mass is 10.2. The fourth-order valence-corrected chi connectivity index (χ4v) is 4.00. The van der Waals surface area contributed by atoms with Crippen LogP contribution < -0.4 is 0 Å². The number of amides is 1. The molecule has 2 heterocycles. The van der Waals surface area contributed by atoms with Crippen molar-refractivity contribution in [1.29, 1.82) is 0 Å². The molecule has 100 valence electrons. The first kappa shape index (κ1) is 12.7. The van der Waals surface area contributed by atoms with Crippen molar-refractivity contribution in [3.05, 3.63) is 41.5 Å². The van der Waals surface area contributed by atoms with Gasteiger partial charge in [-0.15, -0.1) is 0 Å². The summed E-state index contributed by atoms with van der Waals surface area (Å²) in [7, 11) is 0. The second kappa shape index (κ2) is 4.96. The summed E-state index contributed by atoms with van der Waals surface area (Å²) in [4.78, 5) is 13.8. The summed E-state index contributed by atoms with van der Waals surface area (Å²) in [6, 6.07) is 3.52. The van der Waals surface area contributed by atoms with Gasteiger partial charge in [0.1, 0.15) is 11.6 Å². The van der Waals surface area contributed by atoms with E-state index >= 15 is 0 Å². The van der Waals surface area contributed by atoms with Gasteiger partial charge in [0.15, 0.2) is 0 Å². The van der Waals surface area contributed by atoms with E-state index in [0.717, 1.165) is 36.9 Å². The van der Waals surface area contributed by atoms with Crippen LogP contribution in [0.2, 0.25) is 0 Å². The Morgan fingerprint density at radius 3 is 2.95 bits per heavy atom. The molecule has 2 saturated heterocycles. The first-order valence-electron chi connectivity index (χ1n) is 6.19. The lowest BCUT2D eigenvalue weighted by Gasteiger charge is -2.25. The third-order valence-electron chi connectivity index (χ3n) is 3.55. The molecule has 2 aliphatic heterocycles. The average molecular weight is 281 g/mol. The van der Waals surface area contributed by atoms with Crippen LogP contribution in [0.1, 0.15) is 12.0 Å². The maximum absolute atomic E-state index is 13.4. The van der Waals surface area contributed by atoms with Crippen molar-refractivity contribution < 1.29 is 13.6 Å². The smallest absolute Gasteiger partial charge is 0.246 e. The van der Waals surface area contributed by atoms with Crippen LogP contribution in [0, 0.1) is 11.6 Å². The van der Waals surface area contributed by atoms with Crippen molar-refractivity contribution in [1.82, 2.24) is 4.90 Å². The summed E-state index contributed by atoms with van der Waals surface area (Å²) in [5.74, 6) is -0.163. The molecule has 19 heavy (non-hydrogen) atoms. The van der Waals surface area contributed by atoms with Crippen LogP contribution in [0.25, 0.3) is 6.08 Å². The number of likely N-dealkylation sites (tertiary alicyclic amines) is 1. The molecule has 2 unspecified atom stereocenters. The van der Waals surface area contributed by atoms with Crippen LogP contribution in [0.15, 0.2) is 24.3 Å². The lowest BCUT2D eigenvalue weighted by molar-refractivity contribution is -0.126. The number of carbonyl (C=O) groups excluding carboxylic acids is 1. The molecule has 0 radical (unpaired) electrons. The van der Waals surface area contributed by atoms with Gasteiger partial charge in [-0.1, -0.05) is 0 Å². The average Bonchev–Trinajstić information content (AvgIpc) is 3.02. The van der Waals surface area contributed by atoms with Gasteiger partial charge in [-0.2, -0.15) is 11.8 Å². The molecule has 0 aromatic heterocycles. The third-order valence-corrected chi connectivity index (χ3v) is 4.94. The minimum absolute atomic E-state index is 0.104. The van der Waals surface area contributed by atoms with Gasteiger partial charge in [0.2, 0.25) is 5.91 Å². The Morgan fingerprint density at radius 2 is 2.26 bits per heavy atom. The number of hydrogen-bond acceptors (Lipinski definition) is 2. The first-order chi connectivity index (χ1) is 9.13. The van der Waals surface area contributed by atoms with Gasteiger partial charge < -0.3 is 4.90 Å².